The fraction of sp³-hybridized carbons (Fsp3) is 0.500. The van der Waals surface area contributed by atoms with Crippen LogP contribution in [0.25, 0.3) is 10.8 Å². The van der Waals surface area contributed by atoms with Crippen LogP contribution in [0.3, 0.4) is 0 Å². The lowest BCUT2D eigenvalue weighted by Gasteiger charge is -2.41. The summed E-state index contributed by atoms with van der Waals surface area (Å²) in [7, 11) is 0. The van der Waals surface area contributed by atoms with Crippen molar-refractivity contribution in [3.05, 3.63) is 52.7 Å². The van der Waals surface area contributed by atoms with E-state index in [9.17, 15) is 20.0 Å². The van der Waals surface area contributed by atoms with Crippen molar-refractivity contribution in [2.24, 2.45) is 0 Å². The third-order valence-corrected chi connectivity index (χ3v) is 9.28. The van der Waals surface area contributed by atoms with E-state index >= 15 is 0 Å². The minimum atomic E-state index is -1.03. The van der Waals surface area contributed by atoms with Gasteiger partial charge in [0.05, 0.1) is 41.8 Å². The lowest BCUT2D eigenvalue weighted by Crippen LogP contribution is -2.55. The number of rotatable bonds is 6. The standard InChI is InChI=1S/C34H40ClN7O5/c1-34(2,3)47-33(45)42-15-6-9-24(42)21-46-31-37-27-20-39(28-11-5-8-22-7-4-10-26(35)29(22)28)16-13-25(27)30(38-31)40-17-18-41(32(43)44)23(19-40)12-14-36/h4-5,7-8,10-11,23-24H,6,9,12-13,15-21H2,1-3H3,(H,43,44)/t23-,24-/m0/s1. The van der Waals surface area contributed by atoms with E-state index in [-0.39, 0.29) is 37.7 Å². The Morgan fingerprint density at radius 1 is 1.04 bits per heavy atom. The molecule has 47 heavy (non-hydrogen) atoms. The molecule has 0 radical (unpaired) electrons. The molecule has 0 saturated carbocycles. The molecule has 0 unspecified atom stereocenters. The zero-order valence-corrected chi connectivity index (χ0v) is 27.7. The van der Waals surface area contributed by atoms with Crippen molar-refractivity contribution in [1.82, 2.24) is 19.8 Å². The number of nitrogens with zero attached hydrogens (tertiary/aromatic N) is 7. The Kier molecular flexibility index (Phi) is 9.19. The second kappa shape index (κ2) is 13.3. The van der Waals surface area contributed by atoms with E-state index in [1.807, 2.05) is 51.1 Å². The number of anilines is 2. The van der Waals surface area contributed by atoms with Crippen molar-refractivity contribution in [2.75, 3.05) is 49.1 Å². The highest BCUT2D eigenvalue weighted by atomic mass is 35.5. The predicted molar refractivity (Wildman–Crippen MR) is 178 cm³/mol. The van der Waals surface area contributed by atoms with Crippen molar-refractivity contribution in [3.63, 3.8) is 0 Å². The van der Waals surface area contributed by atoms with Gasteiger partial charge in [0.1, 0.15) is 18.0 Å². The lowest BCUT2D eigenvalue weighted by molar-refractivity contribution is 0.0183. The van der Waals surface area contributed by atoms with Gasteiger partial charge in [-0.1, -0.05) is 35.9 Å². The predicted octanol–water partition coefficient (Wildman–Crippen LogP) is 5.71. The molecular weight excluding hydrogens is 622 g/mol. The van der Waals surface area contributed by atoms with E-state index in [4.69, 9.17) is 31.0 Å². The number of hydrogen-bond acceptors (Lipinski definition) is 9. The first-order valence-corrected chi connectivity index (χ1v) is 16.5. The number of carbonyl (C=O) groups is 2. The Morgan fingerprint density at radius 2 is 1.83 bits per heavy atom. The van der Waals surface area contributed by atoms with Gasteiger partial charge in [0.25, 0.3) is 0 Å². The highest BCUT2D eigenvalue weighted by Crippen LogP contribution is 2.37. The summed E-state index contributed by atoms with van der Waals surface area (Å²) in [5.41, 5.74) is 2.21. The van der Waals surface area contributed by atoms with Gasteiger partial charge in [-0.05, 0) is 57.6 Å². The van der Waals surface area contributed by atoms with Gasteiger partial charge in [-0.2, -0.15) is 15.2 Å². The van der Waals surface area contributed by atoms with Crippen molar-refractivity contribution in [3.8, 4) is 12.1 Å². The number of nitriles is 1. The zero-order chi connectivity index (χ0) is 33.3. The summed E-state index contributed by atoms with van der Waals surface area (Å²) in [6, 6.07) is 13.7. The number of benzene rings is 2. The van der Waals surface area contributed by atoms with Crippen LogP contribution in [0.1, 0.15) is 51.3 Å². The summed E-state index contributed by atoms with van der Waals surface area (Å²) in [6.45, 7) is 8.57. The first-order valence-electron chi connectivity index (χ1n) is 16.1. The van der Waals surface area contributed by atoms with Gasteiger partial charge in [-0.3, -0.25) is 0 Å². The SMILES string of the molecule is CC(C)(C)OC(=O)N1CCC[C@H]1COc1nc2c(c(N3CCN(C(=O)O)[C@@H](CC#N)C3)n1)CCN(c1cccc3cccc(Cl)c13)C2. The highest BCUT2D eigenvalue weighted by Gasteiger charge is 2.36. The van der Waals surface area contributed by atoms with Gasteiger partial charge < -0.3 is 34.2 Å². The molecule has 3 aromatic rings. The van der Waals surface area contributed by atoms with Gasteiger partial charge in [-0.15, -0.1) is 0 Å². The average molecular weight is 662 g/mol. The van der Waals surface area contributed by atoms with E-state index in [0.717, 1.165) is 40.6 Å². The summed E-state index contributed by atoms with van der Waals surface area (Å²) in [4.78, 5) is 42.0. The minimum absolute atomic E-state index is 0.0806. The number of carbonyl (C=O) groups excluding carboxylic acids is 1. The smallest absolute Gasteiger partial charge is 0.410 e. The van der Waals surface area contributed by atoms with Crippen LogP contribution in [0.15, 0.2) is 36.4 Å². The van der Waals surface area contributed by atoms with Crippen molar-refractivity contribution in [2.45, 2.75) is 70.7 Å². The second-order valence-electron chi connectivity index (χ2n) is 13.3. The number of aromatic nitrogens is 2. The monoisotopic (exact) mass is 661 g/mol. The minimum Gasteiger partial charge on any atom is -0.465 e. The Balaban J connectivity index is 1.31. The Labute approximate surface area is 279 Å². The number of likely N-dealkylation sites (tertiary alicyclic amines) is 1. The fourth-order valence-corrected chi connectivity index (χ4v) is 7.06. The second-order valence-corrected chi connectivity index (χ2v) is 13.7. The molecule has 1 aromatic heterocycles. The zero-order valence-electron chi connectivity index (χ0n) is 27.0. The summed E-state index contributed by atoms with van der Waals surface area (Å²) in [6.07, 6.45) is 0.967. The van der Waals surface area contributed by atoms with Crippen molar-refractivity contribution in [1.29, 1.82) is 5.26 Å². The summed E-state index contributed by atoms with van der Waals surface area (Å²) < 4.78 is 11.9. The molecule has 2 amide bonds. The molecule has 248 valence electrons. The topological polar surface area (TPSA) is 135 Å². The summed E-state index contributed by atoms with van der Waals surface area (Å²) >= 11 is 6.70. The fourth-order valence-electron chi connectivity index (χ4n) is 6.78. The molecule has 13 heteroatoms. The summed E-state index contributed by atoms with van der Waals surface area (Å²) in [5.74, 6) is 0.698. The molecule has 1 N–H and O–H groups in total. The molecule has 2 aromatic carbocycles. The number of carboxylic acid groups (broad SMARTS) is 1. The maximum atomic E-state index is 12.9. The van der Waals surface area contributed by atoms with E-state index in [1.54, 1.807) is 4.90 Å². The number of hydrogen-bond donors (Lipinski definition) is 1. The molecule has 4 heterocycles. The first kappa shape index (κ1) is 32.4. The third kappa shape index (κ3) is 6.95. The van der Waals surface area contributed by atoms with Crippen LogP contribution in [-0.4, -0.2) is 94.1 Å². The van der Waals surface area contributed by atoms with Gasteiger partial charge in [0, 0.05) is 49.4 Å². The first-order chi connectivity index (χ1) is 22.5. The van der Waals surface area contributed by atoms with E-state index in [1.165, 1.54) is 4.90 Å². The molecule has 0 bridgehead atoms. The van der Waals surface area contributed by atoms with E-state index in [0.29, 0.717) is 50.0 Å². The van der Waals surface area contributed by atoms with Gasteiger partial charge in [-0.25, -0.2) is 9.59 Å². The van der Waals surface area contributed by atoms with Crippen LogP contribution in [-0.2, 0) is 17.7 Å². The summed E-state index contributed by atoms with van der Waals surface area (Å²) in [5, 5.41) is 21.9. The maximum absolute atomic E-state index is 12.9. The molecular formula is C34H40ClN7O5. The van der Waals surface area contributed by atoms with Crippen LogP contribution in [0, 0.1) is 11.3 Å². The molecule has 0 aliphatic carbocycles. The molecule has 2 fully saturated rings. The Morgan fingerprint density at radius 3 is 2.57 bits per heavy atom. The molecule has 3 aliphatic rings. The van der Waals surface area contributed by atoms with Crippen LogP contribution in [0.5, 0.6) is 6.01 Å². The van der Waals surface area contributed by atoms with Crippen molar-refractivity contribution >= 4 is 46.1 Å². The molecule has 2 saturated heterocycles. The van der Waals surface area contributed by atoms with Crippen LogP contribution >= 0.6 is 11.6 Å². The molecule has 6 rings (SSSR count). The van der Waals surface area contributed by atoms with Crippen molar-refractivity contribution < 1.29 is 24.2 Å². The third-order valence-electron chi connectivity index (χ3n) is 8.96. The van der Waals surface area contributed by atoms with Gasteiger partial charge >= 0.3 is 18.2 Å². The molecule has 3 aliphatic heterocycles. The maximum Gasteiger partial charge on any atom is 0.410 e. The number of fused-ring (bicyclic) bond motifs is 2. The van der Waals surface area contributed by atoms with Crippen LogP contribution < -0.4 is 14.5 Å². The van der Waals surface area contributed by atoms with Crippen LogP contribution in [0.2, 0.25) is 5.02 Å². The Hall–Kier alpha value is -4.50. The largest absolute Gasteiger partial charge is 0.465 e. The normalized spacial score (nSPS) is 19.8. The van der Waals surface area contributed by atoms with Gasteiger partial charge in [0.15, 0.2) is 0 Å². The average Bonchev–Trinajstić information content (AvgIpc) is 3.51. The van der Waals surface area contributed by atoms with E-state index in [2.05, 4.69) is 21.9 Å². The molecule has 12 nitrogen and oxygen atoms in total. The number of amides is 2. The van der Waals surface area contributed by atoms with Crippen LogP contribution in [0.4, 0.5) is 21.1 Å². The lowest BCUT2D eigenvalue weighted by atomic mass is 10.0. The van der Waals surface area contributed by atoms with E-state index < -0.39 is 17.7 Å². The molecule has 0 spiro atoms. The Bertz CT molecular complexity index is 1700. The van der Waals surface area contributed by atoms with Gasteiger partial charge in [0.2, 0.25) is 0 Å². The quantitative estimate of drug-likeness (QED) is 0.350. The number of piperazine rings is 1. The molecule has 2 atom stereocenters. The number of halogens is 1. The number of ether oxygens (including phenoxy) is 2. The highest BCUT2D eigenvalue weighted by molar-refractivity contribution is 6.36.